The Hall–Kier alpha value is -0.220. The van der Waals surface area contributed by atoms with Crippen LogP contribution in [0.1, 0.15) is 49.0 Å². The number of carbonyl (C=O) groups excluding carboxylic acids is 1. The van der Waals surface area contributed by atoms with Crippen molar-refractivity contribution in [2.75, 3.05) is 0 Å². The number of nitrogens with zero attached hydrogens (tertiary/aromatic N) is 1. The molecule has 0 saturated heterocycles. The first-order chi connectivity index (χ1) is 8.18. The molecule has 1 saturated carbocycles. The number of hydrogen-bond donors (Lipinski definition) is 0. The molecule has 1 heterocycles. The first-order valence-corrected chi connectivity index (χ1v) is 7.62. The van der Waals surface area contributed by atoms with Crippen molar-refractivity contribution in [2.45, 2.75) is 38.5 Å². The van der Waals surface area contributed by atoms with Gasteiger partial charge in [-0.1, -0.05) is 25.7 Å². The Balaban J connectivity index is 2.17. The largest absolute Gasteiger partial charge is 0.292 e. The zero-order chi connectivity index (χ0) is 12.3. The Morgan fingerprint density at radius 3 is 2.41 bits per heavy atom. The van der Waals surface area contributed by atoms with Crippen molar-refractivity contribution in [3.8, 4) is 0 Å². The smallest absolute Gasteiger partial charge is 0.185 e. The van der Waals surface area contributed by atoms with Gasteiger partial charge in [0, 0.05) is 21.1 Å². The van der Waals surface area contributed by atoms with Crippen molar-refractivity contribution < 1.29 is 4.79 Å². The predicted molar refractivity (Wildman–Crippen MR) is 75.2 cm³/mol. The molecular weight excluding hydrogens is 346 g/mol. The second-order valence-corrected chi connectivity index (χ2v) is 6.31. The molecule has 0 atom stereocenters. The van der Waals surface area contributed by atoms with E-state index in [4.69, 9.17) is 0 Å². The van der Waals surface area contributed by atoms with Gasteiger partial charge in [-0.15, -0.1) is 0 Å². The van der Waals surface area contributed by atoms with Crippen molar-refractivity contribution in [2.24, 2.45) is 5.92 Å². The fourth-order valence-electron chi connectivity index (χ4n) is 2.33. The molecule has 1 aliphatic carbocycles. The quantitative estimate of drug-likeness (QED) is 0.562. The molecule has 0 N–H and O–H groups in total. The molecule has 2 nitrogen and oxygen atoms in total. The molecule has 0 spiro atoms. The van der Waals surface area contributed by atoms with Crippen LogP contribution in [0.4, 0.5) is 0 Å². The number of carbonyl (C=O) groups is 1. The first-order valence-electron chi connectivity index (χ1n) is 6.04. The van der Waals surface area contributed by atoms with E-state index < -0.39 is 0 Å². The summed E-state index contributed by atoms with van der Waals surface area (Å²) >= 11 is 6.77. The van der Waals surface area contributed by atoms with Gasteiger partial charge in [0.1, 0.15) is 5.69 Å². The highest BCUT2D eigenvalue weighted by molar-refractivity contribution is 9.11. The number of aromatic nitrogens is 1. The molecule has 2 rings (SSSR count). The zero-order valence-corrected chi connectivity index (χ0v) is 12.8. The Morgan fingerprint density at radius 2 is 1.82 bits per heavy atom. The third-order valence-corrected chi connectivity index (χ3v) is 4.31. The molecule has 1 aromatic rings. The molecule has 0 unspecified atom stereocenters. The van der Waals surface area contributed by atoms with Gasteiger partial charge < -0.3 is 0 Å². The predicted octanol–water partition coefficient (Wildman–Crippen LogP) is 4.76. The average molecular weight is 361 g/mol. The molecule has 4 heteroatoms. The van der Waals surface area contributed by atoms with Gasteiger partial charge in [-0.3, -0.25) is 9.78 Å². The van der Waals surface area contributed by atoms with E-state index in [0.29, 0.717) is 5.69 Å². The molecular formula is C13H15Br2NO. The number of pyridine rings is 1. The van der Waals surface area contributed by atoms with E-state index in [2.05, 4.69) is 36.8 Å². The molecule has 0 radical (unpaired) electrons. The van der Waals surface area contributed by atoms with E-state index in [9.17, 15) is 4.79 Å². The van der Waals surface area contributed by atoms with Crippen LogP contribution in [0, 0.1) is 5.92 Å². The lowest BCUT2D eigenvalue weighted by Gasteiger charge is -2.13. The highest BCUT2D eigenvalue weighted by Gasteiger charge is 2.24. The Labute approximate surface area is 118 Å². The summed E-state index contributed by atoms with van der Waals surface area (Å²) in [7, 11) is 0. The van der Waals surface area contributed by atoms with Gasteiger partial charge in [-0.25, -0.2) is 0 Å². The lowest BCUT2D eigenvalue weighted by Crippen LogP contribution is -2.16. The molecule has 1 aromatic heterocycles. The highest BCUT2D eigenvalue weighted by Crippen LogP contribution is 2.28. The summed E-state index contributed by atoms with van der Waals surface area (Å²) in [6, 6.07) is 1.89. The average Bonchev–Trinajstić information content (AvgIpc) is 2.56. The van der Waals surface area contributed by atoms with E-state index in [0.717, 1.165) is 21.8 Å². The minimum Gasteiger partial charge on any atom is -0.292 e. The van der Waals surface area contributed by atoms with Crippen LogP contribution in [-0.4, -0.2) is 10.8 Å². The summed E-state index contributed by atoms with van der Waals surface area (Å²) in [5.41, 5.74) is 0.583. The second-order valence-electron chi connectivity index (χ2n) is 4.54. The van der Waals surface area contributed by atoms with Gasteiger partial charge in [-0.05, 0) is 50.8 Å². The third kappa shape index (κ3) is 3.38. The molecule has 0 aliphatic heterocycles. The molecule has 1 fully saturated rings. The third-order valence-electron chi connectivity index (χ3n) is 3.27. The number of halogens is 2. The SMILES string of the molecule is O=C(c1ncc(Br)cc1Br)C1CCCCCC1. The van der Waals surface area contributed by atoms with Gasteiger partial charge in [-0.2, -0.15) is 0 Å². The molecule has 1 aliphatic rings. The van der Waals surface area contributed by atoms with Crippen molar-refractivity contribution in [1.29, 1.82) is 0 Å². The lowest BCUT2D eigenvalue weighted by molar-refractivity contribution is 0.0902. The van der Waals surface area contributed by atoms with Gasteiger partial charge in [0.2, 0.25) is 0 Å². The second kappa shape index (κ2) is 6.10. The summed E-state index contributed by atoms with van der Waals surface area (Å²) in [6.07, 6.45) is 8.59. The van der Waals surface area contributed by atoms with E-state index in [-0.39, 0.29) is 11.7 Å². The number of Topliss-reactive ketones (excluding diaryl/α,β-unsaturated/α-hetero) is 1. The molecule has 92 valence electrons. The molecule has 0 bridgehead atoms. The first kappa shape index (κ1) is 13.2. The van der Waals surface area contributed by atoms with Crippen molar-refractivity contribution >= 4 is 37.6 Å². The van der Waals surface area contributed by atoms with Crippen molar-refractivity contribution in [1.82, 2.24) is 4.98 Å². The lowest BCUT2D eigenvalue weighted by atomic mass is 9.93. The topological polar surface area (TPSA) is 30.0 Å². The van der Waals surface area contributed by atoms with Crippen LogP contribution in [0.25, 0.3) is 0 Å². The van der Waals surface area contributed by atoms with E-state index in [1.165, 1.54) is 25.7 Å². The van der Waals surface area contributed by atoms with Crippen molar-refractivity contribution in [3.05, 3.63) is 26.9 Å². The number of ketones is 1. The molecule has 17 heavy (non-hydrogen) atoms. The van der Waals surface area contributed by atoms with E-state index in [1.54, 1.807) is 6.20 Å². The Kier molecular flexibility index (Phi) is 4.74. The van der Waals surface area contributed by atoms with Gasteiger partial charge >= 0.3 is 0 Å². The van der Waals surface area contributed by atoms with Gasteiger partial charge in [0.15, 0.2) is 5.78 Å². The fourth-order valence-corrected chi connectivity index (χ4v) is 3.51. The maximum absolute atomic E-state index is 12.4. The number of rotatable bonds is 2. The monoisotopic (exact) mass is 359 g/mol. The van der Waals surface area contributed by atoms with Crippen LogP contribution >= 0.6 is 31.9 Å². The maximum Gasteiger partial charge on any atom is 0.185 e. The summed E-state index contributed by atoms with van der Waals surface area (Å²) in [4.78, 5) is 16.6. The zero-order valence-electron chi connectivity index (χ0n) is 9.59. The highest BCUT2D eigenvalue weighted by atomic mass is 79.9. The fraction of sp³-hybridized carbons (Fsp3) is 0.538. The van der Waals surface area contributed by atoms with Crippen LogP contribution in [0.15, 0.2) is 21.2 Å². The maximum atomic E-state index is 12.4. The minimum absolute atomic E-state index is 0.169. The van der Waals surface area contributed by atoms with Crippen LogP contribution < -0.4 is 0 Å². The minimum atomic E-state index is 0.169. The van der Waals surface area contributed by atoms with Crippen LogP contribution in [0.2, 0.25) is 0 Å². The summed E-state index contributed by atoms with van der Waals surface area (Å²) in [5, 5.41) is 0. The summed E-state index contributed by atoms with van der Waals surface area (Å²) in [5.74, 6) is 0.369. The summed E-state index contributed by atoms with van der Waals surface area (Å²) < 4.78 is 1.68. The Bertz CT molecular complexity index is 412. The van der Waals surface area contributed by atoms with E-state index >= 15 is 0 Å². The van der Waals surface area contributed by atoms with Crippen LogP contribution in [-0.2, 0) is 0 Å². The molecule has 0 amide bonds. The summed E-state index contributed by atoms with van der Waals surface area (Å²) in [6.45, 7) is 0. The van der Waals surface area contributed by atoms with Crippen LogP contribution in [0.5, 0.6) is 0 Å². The van der Waals surface area contributed by atoms with Crippen molar-refractivity contribution in [3.63, 3.8) is 0 Å². The van der Waals surface area contributed by atoms with E-state index in [1.807, 2.05) is 6.07 Å². The van der Waals surface area contributed by atoms with Crippen LogP contribution in [0.3, 0.4) is 0 Å². The number of hydrogen-bond acceptors (Lipinski definition) is 2. The molecule has 0 aromatic carbocycles. The van der Waals surface area contributed by atoms with Gasteiger partial charge in [0.05, 0.1) is 0 Å². The van der Waals surface area contributed by atoms with Gasteiger partial charge in [0.25, 0.3) is 0 Å². The standard InChI is InChI=1S/C13H15Br2NO/c14-10-7-11(15)12(16-8-10)13(17)9-5-3-1-2-4-6-9/h7-9H,1-6H2. The Morgan fingerprint density at radius 1 is 1.18 bits per heavy atom. The normalized spacial score (nSPS) is 17.8.